The van der Waals surface area contributed by atoms with E-state index in [4.69, 9.17) is 21.1 Å². The van der Waals surface area contributed by atoms with E-state index < -0.39 is 0 Å². The lowest BCUT2D eigenvalue weighted by Crippen LogP contribution is -1.78. The molecular weight excluding hydrogens is 248 g/mol. The fraction of sp³-hybridized carbons (Fsp3) is 0.200. The quantitative estimate of drug-likeness (QED) is 0.812. The highest BCUT2D eigenvalue weighted by Crippen LogP contribution is 2.24. The summed E-state index contributed by atoms with van der Waals surface area (Å²) in [6, 6.07) is 7.32. The molecule has 1 aromatic carbocycles. The van der Waals surface area contributed by atoms with Crippen LogP contribution in [0, 0.1) is 0 Å². The van der Waals surface area contributed by atoms with E-state index in [-0.39, 0.29) is 6.61 Å². The van der Waals surface area contributed by atoms with Crippen LogP contribution >= 0.6 is 24.2 Å². The first-order chi connectivity index (χ1) is 7.79. The molecule has 0 atom stereocenters. The van der Waals surface area contributed by atoms with E-state index >= 15 is 0 Å². The average Bonchev–Trinajstić information content (AvgIpc) is 2.83. The molecule has 0 fully saturated rings. The molecule has 0 saturated carbocycles. The largest absolute Gasteiger partial charge is 0.423 e. The molecule has 0 aliphatic carbocycles. The van der Waals surface area contributed by atoms with Crippen molar-refractivity contribution in [3.05, 3.63) is 35.7 Å². The smallest absolute Gasteiger partial charge is 0.248 e. The maximum absolute atomic E-state index is 7.80. The molecule has 0 spiro atoms. The molecule has 1 aromatic heterocycles. The Hall–Kier alpha value is -1.04. The standard InChI is InChI=1S/C8H5ClN2O.C2H6OS/c9-7-4-2-1-3-6(7)8-11-10-5-12-8;3-1-2-4/h1-5H;3-4H,1-2H2. The molecule has 0 unspecified atom stereocenters. The van der Waals surface area contributed by atoms with Crippen molar-refractivity contribution in [2.45, 2.75) is 0 Å². The van der Waals surface area contributed by atoms with Gasteiger partial charge < -0.3 is 9.52 Å². The number of hydrogen-bond acceptors (Lipinski definition) is 5. The second-order valence-corrected chi connectivity index (χ2v) is 3.53. The number of hydrogen-bond donors (Lipinski definition) is 2. The van der Waals surface area contributed by atoms with Crippen molar-refractivity contribution in [1.29, 1.82) is 0 Å². The minimum Gasteiger partial charge on any atom is -0.423 e. The zero-order valence-corrected chi connectivity index (χ0v) is 10.0. The van der Waals surface area contributed by atoms with Crippen LogP contribution in [0.4, 0.5) is 0 Å². The van der Waals surface area contributed by atoms with Crippen molar-refractivity contribution in [1.82, 2.24) is 10.2 Å². The Morgan fingerprint density at radius 3 is 2.56 bits per heavy atom. The normalized spacial score (nSPS) is 9.44. The van der Waals surface area contributed by atoms with E-state index in [1.54, 1.807) is 6.07 Å². The minimum absolute atomic E-state index is 0.184. The first-order valence-corrected chi connectivity index (χ1v) is 5.53. The summed E-state index contributed by atoms with van der Waals surface area (Å²) in [7, 11) is 0. The Morgan fingerprint density at radius 1 is 1.38 bits per heavy atom. The van der Waals surface area contributed by atoms with E-state index in [9.17, 15) is 0 Å². The average molecular weight is 259 g/mol. The van der Waals surface area contributed by atoms with Gasteiger partial charge in [0.15, 0.2) is 0 Å². The van der Waals surface area contributed by atoms with Crippen LogP contribution in [0.1, 0.15) is 0 Å². The van der Waals surface area contributed by atoms with Crippen LogP contribution in [0.25, 0.3) is 11.5 Å². The van der Waals surface area contributed by atoms with Gasteiger partial charge in [-0.05, 0) is 12.1 Å². The summed E-state index contributed by atoms with van der Waals surface area (Å²) in [4.78, 5) is 0. The Bertz CT molecular complexity index is 407. The molecule has 0 saturated heterocycles. The Balaban J connectivity index is 0.000000280. The molecule has 0 amide bonds. The third-order valence-electron chi connectivity index (χ3n) is 1.56. The second-order valence-electron chi connectivity index (χ2n) is 2.67. The number of aliphatic hydroxyl groups excluding tert-OH is 1. The second kappa shape index (κ2) is 7.27. The van der Waals surface area contributed by atoms with E-state index in [0.29, 0.717) is 16.7 Å². The monoisotopic (exact) mass is 258 g/mol. The Morgan fingerprint density at radius 2 is 2.06 bits per heavy atom. The van der Waals surface area contributed by atoms with Crippen LogP contribution in [-0.4, -0.2) is 27.7 Å². The summed E-state index contributed by atoms with van der Waals surface area (Å²) in [5, 5.41) is 15.7. The lowest BCUT2D eigenvalue weighted by Gasteiger charge is -1.95. The van der Waals surface area contributed by atoms with Gasteiger partial charge in [-0.2, -0.15) is 12.6 Å². The minimum atomic E-state index is 0.184. The third-order valence-corrected chi connectivity index (χ3v) is 2.09. The molecule has 1 N–H and O–H groups in total. The van der Waals surface area contributed by atoms with Gasteiger partial charge in [-0.25, -0.2) is 0 Å². The highest BCUT2D eigenvalue weighted by Gasteiger charge is 2.05. The van der Waals surface area contributed by atoms with Crippen molar-refractivity contribution in [3.8, 4) is 11.5 Å². The highest BCUT2D eigenvalue weighted by atomic mass is 35.5. The summed E-state index contributed by atoms with van der Waals surface area (Å²) in [6.07, 6.45) is 1.28. The van der Waals surface area contributed by atoms with Gasteiger partial charge >= 0.3 is 0 Å². The first kappa shape index (κ1) is 13.0. The van der Waals surface area contributed by atoms with Gasteiger partial charge in [-0.15, -0.1) is 10.2 Å². The predicted octanol–water partition coefficient (Wildman–Crippen LogP) is 2.30. The number of aromatic nitrogens is 2. The fourth-order valence-corrected chi connectivity index (χ4v) is 1.14. The topological polar surface area (TPSA) is 59.2 Å². The van der Waals surface area contributed by atoms with E-state index in [2.05, 4.69) is 22.8 Å². The molecule has 86 valence electrons. The molecular formula is C10H11ClN2O2S. The van der Waals surface area contributed by atoms with E-state index in [0.717, 1.165) is 5.56 Å². The Labute approximate surface area is 104 Å². The van der Waals surface area contributed by atoms with Crippen molar-refractivity contribution >= 4 is 24.2 Å². The van der Waals surface area contributed by atoms with Crippen molar-refractivity contribution in [3.63, 3.8) is 0 Å². The van der Waals surface area contributed by atoms with Crippen LogP contribution in [0.3, 0.4) is 0 Å². The number of benzene rings is 1. The summed E-state index contributed by atoms with van der Waals surface area (Å²) in [5.74, 6) is 1.01. The number of thiol groups is 1. The molecule has 4 nitrogen and oxygen atoms in total. The first-order valence-electron chi connectivity index (χ1n) is 4.52. The summed E-state index contributed by atoms with van der Waals surface area (Å²) in [5.41, 5.74) is 0.761. The highest BCUT2D eigenvalue weighted by molar-refractivity contribution is 7.80. The van der Waals surface area contributed by atoms with Crippen LogP contribution in [0.5, 0.6) is 0 Å². The van der Waals surface area contributed by atoms with Crippen molar-refractivity contribution in [2.75, 3.05) is 12.4 Å². The predicted molar refractivity (Wildman–Crippen MR) is 65.7 cm³/mol. The molecule has 0 bridgehead atoms. The zero-order valence-electron chi connectivity index (χ0n) is 8.38. The van der Waals surface area contributed by atoms with Crippen LogP contribution in [0.2, 0.25) is 5.02 Å². The van der Waals surface area contributed by atoms with Crippen LogP contribution in [0.15, 0.2) is 35.1 Å². The maximum Gasteiger partial charge on any atom is 0.248 e. The number of nitrogens with zero attached hydrogens (tertiary/aromatic N) is 2. The molecule has 6 heteroatoms. The molecule has 1 heterocycles. The SMILES string of the molecule is Clc1ccccc1-c1nnco1.OCCS. The van der Waals surface area contributed by atoms with E-state index in [1.165, 1.54) is 6.39 Å². The van der Waals surface area contributed by atoms with Gasteiger partial charge in [0, 0.05) is 5.75 Å². The van der Waals surface area contributed by atoms with Crippen LogP contribution in [-0.2, 0) is 0 Å². The van der Waals surface area contributed by atoms with E-state index in [1.807, 2.05) is 18.2 Å². The molecule has 2 aromatic rings. The molecule has 2 rings (SSSR count). The van der Waals surface area contributed by atoms with Gasteiger partial charge in [-0.3, -0.25) is 0 Å². The van der Waals surface area contributed by atoms with Gasteiger partial charge in [0.2, 0.25) is 12.3 Å². The van der Waals surface area contributed by atoms with Gasteiger partial charge in [0.25, 0.3) is 0 Å². The van der Waals surface area contributed by atoms with Crippen LogP contribution < -0.4 is 0 Å². The van der Waals surface area contributed by atoms with Gasteiger partial charge in [0.05, 0.1) is 17.2 Å². The van der Waals surface area contributed by atoms with Crippen molar-refractivity contribution < 1.29 is 9.52 Å². The third kappa shape index (κ3) is 3.84. The lowest BCUT2D eigenvalue weighted by atomic mass is 10.2. The maximum atomic E-state index is 7.80. The Kier molecular flexibility index (Phi) is 5.92. The molecule has 0 radical (unpaired) electrons. The number of halogens is 1. The zero-order chi connectivity index (χ0) is 11.8. The summed E-state index contributed by atoms with van der Waals surface area (Å²) < 4.78 is 4.99. The fourth-order valence-electron chi connectivity index (χ4n) is 0.925. The van der Waals surface area contributed by atoms with Gasteiger partial charge in [-0.1, -0.05) is 23.7 Å². The molecule has 16 heavy (non-hydrogen) atoms. The lowest BCUT2D eigenvalue weighted by molar-refractivity contribution is 0.323. The summed E-state index contributed by atoms with van der Waals surface area (Å²) in [6.45, 7) is 0.184. The molecule has 0 aliphatic rings. The number of aliphatic hydroxyl groups is 1. The number of rotatable bonds is 2. The van der Waals surface area contributed by atoms with Crippen molar-refractivity contribution in [2.24, 2.45) is 0 Å². The molecule has 0 aliphatic heterocycles. The summed E-state index contributed by atoms with van der Waals surface area (Å²) >= 11 is 9.56. The van der Waals surface area contributed by atoms with Gasteiger partial charge in [0.1, 0.15) is 0 Å².